The zero-order chi connectivity index (χ0) is 12.1. The third kappa shape index (κ3) is 3.09. The van der Waals surface area contributed by atoms with Gasteiger partial charge in [-0.05, 0) is 43.6 Å². The number of nitrogens with zero attached hydrogens (tertiary/aromatic N) is 2. The maximum absolute atomic E-state index is 8.85. The molecule has 1 aliphatic rings. The molecule has 1 heterocycles. The van der Waals surface area contributed by atoms with Gasteiger partial charge in [0.15, 0.2) is 0 Å². The Balaban J connectivity index is 1.94. The highest BCUT2D eigenvalue weighted by molar-refractivity contribution is 5.32. The number of benzene rings is 1. The Morgan fingerprint density at radius 3 is 2.76 bits per heavy atom. The number of terminal acetylenes is 1. The first-order chi connectivity index (χ1) is 8.31. The third-order valence-corrected chi connectivity index (χ3v) is 3.29. The highest BCUT2D eigenvalue weighted by atomic mass is 15.1. The number of hydrogen-bond acceptors (Lipinski definition) is 2. The number of nitriles is 1. The minimum Gasteiger partial charge on any atom is -0.299 e. The van der Waals surface area contributed by atoms with Gasteiger partial charge in [-0.15, -0.1) is 12.3 Å². The summed E-state index contributed by atoms with van der Waals surface area (Å²) in [6.45, 7) is 3.05. The molecular formula is C15H16N2. The molecule has 0 atom stereocenters. The molecule has 0 radical (unpaired) electrons. The van der Waals surface area contributed by atoms with Gasteiger partial charge in [-0.1, -0.05) is 12.1 Å². The molecule has 2 nitrogen and oxygen atoms in total. The molecule has 0 N–H and O–H groups in total. The summed E-state index contributed by atoms with van der Waals surface area (Å²) in [5.74, 6) is 3.29. The summed E-state index contributed by atoms with van der Waals surface area (Å²) in [7, 11) is 0. The summed E-state index contributed by atoms with van der Waals surface area (Å²) < 4.78 is 0. The van der Waals surface area contributed by atoms with E-state index in [0.717, 1.165) is 38.0 Å². The largest absolute Gasteiger partial charge is 0.299 e. The number of likely N-dealkylation sites (tertiary alicyclic amines) is 1. The standard InChI is InChI=1S/C15H16N2/c1-2-13-6-8-17(9-7-13)12-15-5-3-4-14(10-15)11-16/h1,3-5,10,13H,6-9,12H2. The second-order valence-corrected chi connectivity index (χ2v) is 4.53. The second-order valence-electron chi connectivity index (χ2n) is 4.53. The highest BCUT2D eigenvalue weighted by Gasteiger charge is 2.17. The Labute approximate surface area is 103 Å². The van der Waals surface area contributed by atoms with Crippen LogP contribution >= 0.6 is 0 Å². The maximum atomic E-state index is 8.85. The summed E-state index contributed by atoms with van der Waals surface area (Å²) in [5.41, 5.74) is 1.95. The summed E-state index contributed by atoms with van der Waals surface area (Å²) in [5, 5.41) is 8.85. The lowest BCUT2D eigenvalue weighted by molar-refractivity contribution is 0.199. The molecule has 0 spiro atoms. The van der Waals surface area contributed by atoms with Crippen LogP contribution in [0.4, 0.5) is 0 Å². The zero-order valence-corrected chi connectivity index (χ0v) is 9.89. The normalized spacial score (nSPS) is 17.3. The Bertz CT molecular complexity index is 457. The summed E-state index contributed by atoms with van der Waals surface area (Å²) >= 11 is 0. The lowest BCUT2D eigenvalue weighted by atomic mass is 9.97. The number of rotatable bonds is 2. The fourth-order valence-electron chi connectivity index (χ4n) is 2.26. The van der Waals surface area contributed by atoms with E-state index < -0.39 is 0 Å². The van der Waals surface area contributed by atoms with Crippen molar-refractivity contribution in [1.82, 2.24) is 4.90 Å². The van der Waals surface area contributed by atoms with Crippen molar-refractivity contribution >= 4 is 0 Å². The van der Waals surface area contributed by atoms with Gasteiger partial charge in [0, 0.05) is 12.5 Å². The van der Waals surface area contributed by atoms with Crippen LogP contribution < -0.4 is 0 Å². The predicted octanol–water partition coefficient (Wildman–Crippen LogP) is 2.40. The van der Waals surface area contributed by atoms with Gasteiger partial charge in [0.05, 0.1) is 11.6 Å². The number of hydrogen-bond donors (Lipinski definition) is 0. The van der Waals surface area contributed by atoms with Crippen LogP contribution in [-0.4, -0.2) is 18.0 Å². The Kier molecular flexibility index (Phi) is 3.81. The van der Waals surface area contributed by atoms with Gasteiger partial charge in [0.2, 0.25) is 0 Å². The first kappa shape index (κ1) is 11.7. The van der Waals surface area contributed by atoms with E-state index in [1.165, 1.54) is 5.56 Å². The van der Waals surface area contributed by atoms with Crippen molar-refractivity contribution in [1.29, 1.82) is 5.26 Å². The highest BCUT2D eigenvalue weighted by Crippen LogP contribution is 2.18. The van der Waals surface area contributed by atoms with Gasteiger partial charge >= 0.3 is 0 Å². The van der Waals surface area contributed by atoms with E-state index in [1.54, 1.807) is 0 Å². The van der Waals surface area contributed by atoms with Crippen LogP contribution in [0.25, 0.3) is 0 Å². The Morgan fingerprint density at radius 1 is 1.35 bits per heavy atom. The van der Waals surface area contributed by atoms with E-state index in [4.69, 9.17) is 11.7 Å². The van der Waals surface area contributed by atoms with Crippen LogP contribution in [0.3, 0.4) is 0 Å². The van der Waals surface area contributed by atoms with Gasteiger partial charge in [-0.3, -0.25) is 4.90 Å². The second kappa shape index (κ2) is 5.53. The van der Waals surface area contributed by atoms with E-state index in [0.29, 0.717) is 5.92 Å². The molecule has 2 rings (SSSR count). The van der Waals surface area contributed by atoms with Gasteiger partial charge < -0.3 is 0 Å². The fourth-order valence-corrected chi connectivity index (χ4v) is 2.26. The zero-order valence-electron chi connectivity index (χ0n) is 9.89. The quantitative estimate of drug-likeness (QED) is 0.721. The van der Waals surface area contributed by atoms with Gasteiger partial charge in [0.25, 0.3) is 0 Å². The predicted molar refractivity (Wildman–Crippen MR) is 68.0 cm³/mol. The molecule has 17 heavy (non-hydrogen) atoms. The molecule has 1 aromatic carbocycles. The fraction of sp³-hybridized carbons (Fsp3) is 0.400. The Hall–Kier alpha value is -1.77. The van der Waals surface area contributed by atoms with E-state index in [1.807, 2.05) is 18.2 Å². The van der Waals surface area contributed by atoms with Crippen molar-refractivity contribution in [3.8, 4) is 18.4 Å². The maximum Gasteiger partial charge on any atom is 0.0991 e. The minimum absolute atomic E-state index is 0.455. The van der Waals surface area contributed by atoms with E-state index >= 15 is 0 Å². The topological polar surface area (TPSA) is 27.0 Å². The van der Waals surface area contributed by atoms with E-state index in [9.17, 15) is 0 Å². The van der Waals surface area contributed by atoms with Gasteiger partial charge in [-0.2, -0.15) is 5.26 Å². The molecule has 86 valence electrons. The molecule has 0 aromatic heterocycles. The SMILES string of the molecule is C#CC1CCN(Cc2cccc(C#N)c2)CC1. The first-order valence-corrected chi connectivity index (χ1v) is 5.99. The third-order valence-electron chi connectivity index (χ3n) is 3.29. The molecule has 1 aliphatic heterocycles. The monoisotopic (exact) mass is 224 g/mol. The minimum atomic E-state index is 0.455. The Morgan fingerprint density at radius 2 is 2.12 bits per heavy atom. The average Bonchev–Trinajstić information content (AvgIpc) is 2.40. The summed E-state index contributed by atoms with van der Waals surface area (Å²) in [6, 6.07) is 10.0. The lowest BCUT2D eigenvalue weighted by Gasteiger charge is -2.29. The van der Waals surface area contributed by atoms with Crippen LogP contribution in [0, 0.1) is 29.6 Å². The summed E-state index contributed by atoms with van der Waals surface area (Å²) in [4.78, 5) is 2.41. The lowest BCUT2D eigenvalue weighted by Crippen LogP contribution is -2.32. The molecule has 0 aliphatic carbocycles. The molecule has 0 saturated carbocycles. The molecular weight excluding hydrogens is 208 g/mol. The molecule has 0 unspecified atom stereocenters. The molecule has 1 saturated heterocycles. The number of piperidine rings is 1. The molecule has 1 aromatic rings. The van der Waals surface area contributed by atoms with Crippen LogP contribution in [0.15, 0.2) is 24.3 Å². The van der Waals surface area contributed by atoms with Crippen molar-refractivity contribution in [2.45, 2.75) is 19.4 Å². The average molecular weight is 224 g/mol. The van der Waals surface area contributed by atoms with Crippen molar-refractivity contribution in [2.75, 3.05) is 13.1 Å². The van der Waals surface area contributed by atoms with Crippen molar-refractivity contribution in [3.05, 3.63) is 35.4 Å². The first-order valence-electron chi connectivity index (χ1n) is 5.99. The molecule has 2 heteroatoms. The van der Waals surface area contributed by atoms with E-state index in [2.05, 4.69) is 23.0 Å². The van der Waals surface area contributed by atoms with Crippen LogP contribution in [0.2, 0.25) is 0 Å². The molecule has 1 fully saturated rings. The molecule has 0 bridgehead atoms. The van der Waals surface area contributed by atoms with E-state index in [-0.39, 0.29) is 0 Å². The van der Waals surface area contributed by atoms with Crippen molar-refractivity contribution in [2.24, 2.45) is 5.92 Å². The van der Waals surface area contributed by atoms with Crippen LogP contribution in [0.5, 0.6) is 0 Å². The van der Waals surface area contributed by atoms with Gasteiger partial charge in [-0.25, -0.2) is 0 Å². The van der Waals surface area contributed by atoms with Crippen LogP contribution in [0.1, 0.15) is 24.0 Å². The molecule has 0 amide bonds. The smallest absolute Gasteiger partial charge is 0.0991 e. The summed E-state index contributed by atoms with van der Waals surface area (Å²) in [6.07, 6.45) is 7.62. The van der Waals surface area contributed by atoms with Crippen molar-refractivity contribution < 1.29 is 0 Å². The van der Waals surface area contributed by atoms with Crippen molar-refractivity contribution in [3.63, 3.8) is 0 Å². The van der Waals surface area contributed by atoms with Gasteiger partial charge in [0.1, 0.15) is 0 Å². The van der Waals surface area contributed by atoms with Crippen LogP contribution in [-0.2, 0) is 6.54 Å².